The first-order valence-electron chi connectivity index (χ1n) is 6.24. The maximum absolute atomic E-state index is 5.29. The van der Waals surface area contributed by atoms with Gasteiger partial charge in [0.15, 0.2) is 0 Å². The normalized spacial score (nSPS) is 10.9. The van der Waals surface area contributed by atoms with Gasteiger partial charge in [0.05, 0.1) is 19.8 Å². The standard InChI is InChI=1S/C14H13BrN4O2/c1-8-12(20-2)17-14(18-13(8)21-3)19-7-6-9-4-5-10(15)16-11(9)19/h4-7H,1-3H3. The smallest absolute Gasteiger partial charge is 0.241 e. The van der Waals surface area contributed by atoms with Crippen LogP contribution in [0.5, 0.6) is 11.8 Å². The Morgan fingerprint density at radius 1 is 1.00 bits per heavy atom. The summed E-state index contributed by atoms with van der Waals surface area (Å²) in [6.45, 7) is 1.85. The molecule has 0 aliphatic rings. The van der Waals surface area contributed by atoms with E-state index in [1.54, 1.807) is 18.8 Å². The maximum Gasteiger partial charge on any atom is 0.241 e. The molecule has 0 bridgehead atoms. The Labute approximate surface area is 129 Å². The van der Waals surface area contributed by atoms with Crippen molar-refractivity contribution in [3.63, 3.8) is 0 Å². The molecule has 0 N–H and O–H groups in total. The fourth-order valence-corrected chi connectivity index (χ4v) is 2.42. The Kier molecular flexibility index (Phi) is 3.50. The van der Waals surface area contributed by atoms with Gasteiger partial charge in [-0.2, -0.15) is 9.97 Å². The van der Waals surface area contributed by atoms with Crippen LogP contribution in [0.4, 0.5) is 0 Å². The van der Waals surface area contributed by atoms with Crippen LogP contribution in [0.3, 0.4) is 0 Å². The van der Waals surface area contributed by atoms with Crippen LogP contribution in [0.15, 0.2) is 29.0 Å². The van der Waals surface area contributed by atoms with Crippen LogP contribution in [0, 0.1) is 6.92 Å². The van der Waals surface area contributed by atoms with E-state index in [0.717, 1.165) is 21.2 Å². The SMILES string of the molecule is COc1nc(-n2ccc3ccc(Br)nc32)nc(OC)c1C. The number of hydrogen-bond acceptors (Lipinski definition) is 5. The minimum atomic E-state index is 0.454. The Bertz CT molecular complexity index is 791. The van der Waals surface area contributed by atoms with Crippen LogP contribution in [-0.2, 0) is 0 Å². The van der Waals surface area contributed by atoms with Crippen LogP contribution in [0.1, 0.15) is 5.56 Å². The number of aromatic nitrogens is 4. The highest BCUT2D eigenvalue weighted by Gasteiger charge is 2.15. The zero-order chi connectivity index (χ0) is 15.0. The van der Waals surface area contributed by atoms with Crippen molar-refractivity contribution in [1.29, 1.82) is 0 Å². The summed E-state index contributed by atoms with van der Waals surface area (Å²) in [6, 6.07) is 5.83. The molecule has 0 atom stereocenters. The third kappa shape index (κ3) is 2.33. The summed E-state index contributed by atoms with van der Waals surface area (Å²) in [5, 5.41) is 1.00. The lowest BCUT2D eigenvalue weighted by molar-refractivity contribution is 0.365. The largest absolute Gasteiger partial charge is 0.481 e. The molecule has 21 heavy (non-hydrogen) atoms. The van der Waals surface area contributed by atoms with Crippen molar-refractivity contribution in [2.24, 2.45) is 0 Å². The highest BCUT2D eigenvalue weighted by molar-refractivity contribution is 9.10. The molecule has 6 nitrogen and oxygen atoms in total. The highest BCUT2D eigenvalue weighted by atomic mass is 79.9. The molecule has 0 fully saturated rings. The number of pyridine rings is 1. The average molecular weight is 349 g/mol. The number of halogens is 1. The molecule has 3 rings (SSSR count). The summed E-state index contributed by atoms with van der Waals surface area (Å²) in [7, 11) is 3.14. The van der Waals surface area contributed by atoms with Gasteiger partial charge in [-0.25, -0.2) is 4.98 Å². The summed E-state index contributed by atoms with van der Waals surface area (Å²) < 4.78 is 13.1. The first-order chi connectivity index (χ1) is 10.1. The lowest BCUT2D eigenvalue weighted by Crippen LogP contribution is -2.06. The van der Waals surface area contributed by atoms with Crippen molar-refractivity contribution < 1.29 is 9.47 Å². The zero-order valence-corrected chi connectivity index (χ0v) is 13.4. The van der Waals surface area contributed by atoms with Gasteiger partial charge in [-0.05, 0) is 41.1 Å². The van der Waals surface area contributed by atoms with Crippen molar-refractivity contribution >= 4 is 27.0 Å². The molecule has 3 heterocycles. The number of hydrogen-bond donors (Lipinski definition) is 0. The van der Waals surface area contributed by atoms with E-state index in [-0.39, 0.29) is 0 Å². The van der Waals surface area contributed by atoms with Gasteiger partial charge >= 0.3 is 0 Å². The van der Waals surface area contributed by atoms with E-state index in [4.69, 9.17) is 9.47 Å². The van der Waals surface area contributed by atoms with Crippen molar-refractivity contribution in [1.82, 2.24) is 19.5 Å². The van der Waals surface area contributed by atoms with Crippen LogP contribution in [0.25, 0.3) is 17.0 Å². The van der Waals surface area contributed by atoms with Crippen LogP contribution in [0.2, 0.25) is 0 Å². The summed E-state index contributed by atoms with van der Waals surface area (Å²) in [6.07, 6.45) is 1.87. The topological polar surface area (TPSA) is 62.1 Å². The molecule has 0 spiro atoms. The Morgan fingerprint density at radius 2 is 1.67 bits per heavy atom. The van der Waals surface area contributed by atoms with Gasteiger partial charge in [-0.15, -0.1) is 0 Å². The molecular weight excluding hydrogens is 336 g/mol. The first kappa shape index (κ1) is 13.8. The third-order valence-electron chi connectivity index (χ3n) is 3.15. The fraction of sp³-hybridized carbons (Fsp3) is 0.214. The van der Waals surface area contributed by atoms with E-state index in [1.165, 1.54) is 0 Å². The monoisotopic (exact) mass is 348 g/mol. The lowest BCUT2D eigenvalue weighted by atomic mass is 10.3. The number of rotatable bonds is 3. The molecule has 3 aromatic rings. The molecule has 7 heteroatoms. The Balaban J connectivity index is 2.25. The summed E-state index contributed by atoms with van der Waals surface area (Å²) in [4.78, 5) is 13.3. The first-order valence-corrected chi connectivity index (χ1v) is 7.04. The summed E-state index contributed by atoms with van der Waals surface area (Å²) in [5.74, 6) is 1.41. The van der Waals surface area contributed by atoms with Crippen molar-refractivity contribution in [3.8, 4) is 17.7 Å². The van der Waals surface area contributed by atoms with Gasteiger partial charge in [-0.3, -0.25) is 4.57 Å². The number of methoxy groups -OCH3 is 2. The Hall–Kier alpha value is -2.15. The van der Waals surface area contributed by atoms with Gasteiger partial charge in [0.25, 0.3) is 0 Å². The van der Waals surface area contributed by atoms with Crippen LogP contribution >= 0.6 is 15.9 Å². The van der Waals surface area contributed by atoms with Crippen molar-refractivity contribution in [2.45, 2.75) is 6.92 Å². The van der Waals surface area contributed by atoms with Crippen molar-refractivity contribution in [3.05, 3.63) is 34.6 Å². The maximum atomic E-state index is 5.29. The van der Waals surface area contributed by atoms with Gasteiger partial charge in [0, 0.05) is 11.6 Å². The molecule has 0 saturated carbocycles. The molecule has 0 amide bonds. The lowest BCUT2D eigenvalue weighted by Gasteiger charge is -2.11. The van der Waals surface area contributed by atoms with Crippen LogP contribution < -0.4 is 9.47 Å². The molecule has 0 aliphatic heterocycles. The zero-order valence-electron chi connectivity index (χ0n) is 11.8. The molecule has 0 unspecified atom stereocenters. The predicted molar refractivity (Wildman–Crippen MR) is 82.2 cm³/mol. The van der Waals surface area contributed by atoms with E-state index >= 15 is 0 Å². The van der Waals surface area contributed by atoms with E-state index in [0.29, 0.717) is 17.7 Å². The van der Waals surface area contributed by atoms with Gasteiger partial charge in [0.1, 0.15) is 10.3 Å². The minimum Gasteiger partial charge on any atom is -0.481 e. The van der Waals surface area contributed by atoms with Gasteiger partial charge in [0.2, 0.25) is 17.7 Å². The fourth-order valence-electron chi connectivity index (χ4n) is 2.12. The number of nitrogens with zero attached hydrogens (tertiary/aromatic N) is 4. The van der Waals surface area contributed by atoms with E-state index < -0.39 is 0 Å². The molecule has 0 aromatic carbocycles. The molecule has 0 saturated heterocycles. The summed E-state index contributed by atoms with van der Waals surface area (Å²) >= 11 is 3.38. The van der Waals surface area contributed by atoms with E-state index in [1.807, 2.05) is 31.3 Å². The third-order valence-corrected chi connectivity index (χ3v) is 3.59. The molecular formula is C14H13BrN4O2. The quantitative estimate of drug-likeness (QED) is 0.681. The highest BCUT2D eigenvalue weighted by Crippen LogP contribution is 2.26. The molecule has 108 valence electrons. The molecule has 0 aliphatic carbocycles. The van der Waals surface area contributed by atoms with Crippen LogP contribution in [-0.4, -0.2) is 33.7 Å². The van der Waals surface area contributed by atoms with Gasteiger partial charge < -0.3 is 9.47 Å². The molecule has 0 radical (unpaired) electrons. The second-order valence-electron chi connectivity index (χ2n) is 4.40. The molecule has 3 aromatic heterocycles. The van der Waals surface area contributed by atoms with Gasteiger partial charge in [-0.1, -0.05) is 0 Å². The second kappa shape index (κ2) is 5.33. The summed E-state index contributed by atoms with van der Waals surface area (Å²) in [5.41, 5.74) is 1.52. The predicted octanol–water partition coefficient (Wildman–Crippen LogP) is 2.90. The second-order valence-corrected chi connectivity index (χ2v) is 5.21. The minimum absolute atomic E-state index is 0.454. The van der Waals surface area contributed by atoms with E-state index in [9.17, 15) is 0 Å². The average Bonchev–Trinajstić information content (AvgIpc) is 2.90. The van der Waals surface area contributed by atoms with E-state index in [2.05, 4.69) is 30.9 Å². The number of ether oxygens (including phenoxy) is 2. The Morgan fingerprint density at radius 3 is 2.29 bits per heavy atom. The van der Waals surface area contributed by atoms with Crippen molar-refractivity contribution in [2.75, 3.05) is 14.2 Å². The number of fused-ring (bicyclic) bond motifs is 1.